The van der Waals surface area contributed by atoms with Gasteiger partial charge in [-0.3, -0.25) is 0 Å². The Morgan fingerprint density at radius 3 is 2.15 bits per heavy atom. The van der Waals surface area contributed by atoms with Crippen LogP contribution < -0.4 is 14.8 Å². The molecular formula is C13H18F3NO3. The third-order valence-corrected chi connectivity index (χ3v) is 2.41. The summed E-state index contributed by atoms with van der Waals surface area (Å²) in [6.07, 6.45) is -3.80. The molecule has 0 saturated carbocycles. The van der Waals surface area contributed by atoms with Crippen molar-refractivity contribution in [2.45, 2.75) is 12.6 Å². The van der Waals surface area contributed by atoms with Gasteiger partial charge in [-0.15, -0.1) is 0 Å². The lowest BCUT2D eigenvalue weighted by molar-refractivity contribution is -0.173. The molecule has 0 atom stereocenters. The summed E-state index contributed by atoms with van der Waals surface area (Å²) in [5, 5.41) is 3.07. The summed E-state index contributed by atoms with van der Waals surface area (Å²) in [5.41, 5.74) is 0.775. The average molecular weight is 293 g/mol. The standard InChI is InChI=1S/C13H18F3NO3/c1-18-11-6-10(7-12(8-11)19-2)17-4-3-5-20-9-13(14,15)16/h6-8,17H,3-5,9H2,1-2H3. The Morgan fingerprint density at radius 2 is 1.65 bits per heavy atom. The van der Waals surface area contributed by atoms with E-state index in [1.807, 2.05) is 0 Å². The molecular weight excluding hydrogens is 275 g/mol. The molecule has 0 unspecified atom stereocenters. The Bertz CT molecular complexity index is 388. The second-order valence-corrected chi connectivity index (χ2v) is 4.05. The van der Waals surface area contributed by atoms with Gasteiger partial charge in [-0.1, -0.05) is 0 Å². The highest BCUT2D eigenvalue weighted by Crippen LogP contribution is 2.25. The van der Waals surface area contributed by atoms with Gasteiger partial charge in [-0.2, -0.15) is 13.2 Å². The van der Waals surface area contributed by atoms with Gasteiger partial charge in [-0.25, -0.2) is 0 Å². The smallest absolute Gasteiger partial charge is 0.411 e. The lowest BCUT2D eigenvalue weighted by Gasteiger charge is -2.11. The van der Waals surface area contributed by atoms with Crippen LogP contribution in [0.15, 0.2) is 18.2 Å². The maximum absolute atomic E-state index is 11.8. The number of benzene rings is 1. The number of hydrogen-bond donors (Lipinski definition) is 1. The van der Waals surface area contributed by atoms with E-state index >= 15 is 0 Å². The molecule has 7 heteroatoms. The van der Waals surface area contributed by atoms with Crippen molar-refractivity contribution in [1.29, 1.82) is 0 Å². The summed E-state index contributed by atoms with van der Waals surface area (Å²) >= 11 is 0. The van der Waals surface area contributed by atoms with E-state index in [2.05, 4.69) is 10.1 Å². The zero-order valence-corrected chi connectivity index (χ0v) is 11.4. The summed E-state index contributed by atoms with van der Waals surface area (Å²) in [6, 6.07) is 5.29. The summed E-state index contributed by atoms with van der Waals surface area (Å²) in [6.45, 7) is -0.665. The Labute approximate surface area is 115 Å². The molecule has 0 amide bonds. The van der Waals surface area contributed by atoms with Crippen molar-refractivity contribution >= 4 is 5.69 Å². The Hall–Kier alpha value is -1.63. The minimum atomic E-state index is -4.27. The lowest BCUT2D eigenvalue weighted by atomic mass is 10.2. The fourth-order valence-corrected chi connectivity index (χ4v) is 1.50. The van der Waals surface area contributed by atoms with E-state index in [4.69, 9.17) is 9.47 Å². The minimum absolute atomic E-state index is 0.0492. The predicted molar refractivity (Wildman–Crippen MR) is 69.5 cm³/mol. The molecule has 0 aliphatic heterocycles. The van der Waals surface area contributed by atoms with E-state index in [1.54, 1.807) is 32.4 Å². The molecule has 0 bridgehead atoms. The third kappa shape index (κ3) is 6.51. The van der Waals surface area contributed by atoms with Crippen LogP contribution >= 0.6 is 0 Å². The molecule has 0 aromatic heterocycles. The second kappa shape index (κ2) is 7.84. The fourth-order valence-electron chi connectivity index (χ4n) is 1.50. The molecule has 0 saturated heterocycles. The maximum atomic E-state index is 11.8. The molecule has 0 aliphatic carbocycles. The van der Waals surface area contributed by atoms with Gasteiger partial charge in [0.25, 0.3) is 0 Å². The van der Waals surface area contributed by atoms with Gasteiger partial charge < -0.3 is 19.5 Å². The largest absolute Gasteiger partial charge is 0.497 e. The second-order valence-electron chi connectivity index (χ2n) is 4.05. The van der Waals surface area contributed by atoms with Crippen LogP contribution in [-0.4, -0.2) is 40.2 Å². The van der Waals surface area contributed by atoms with E-state index in [0.29, 0.717) is 24.5 Å². The van der Waals surface area contributed by atoms with Gasteiger partial charge in [0, 0.05) is 37.0 Å². The van der Waals surface area contributed by atoms with Crippen LogP contribution in [0.4, 0.5) is 18.9 Å². The Morgan fingerprint density at radius 1 is 1.05 bits per heavy atom. The molecule has 20 heavy (non-hydrogen) atoms. The first-order valence-corrected chi connectivity index (χ1v) is 6.06. The van der Waals surface area contributed by atoms with Gasteiger partial charge in [0.15, 0.2) is 0 Å². The van der Waals surface area contributed by atoms with Crippen molar-refractivity contribution in [1.82, 2.24) is 0 Å². The summed E-state index contributed by atoms with van der Waals surface area (Å²) in [4.78, 5) is 0. The fraction of sp³-hybridized carbons (Fsp3) is 0.538. The van der Waals surface area contributed by atoms with Gasteiger partial charge in [0.05, 0.1) is 14.2 Å². The first kappa shape index (κ1) is 16.4. The van der Waals surface area contributed by atoms with Crippen LogP contribution in [0.3, 0.4) is 0 Å². The highest BCUT2D eigenvalue weighted by atomic mass is 19.4. The number of ether oxygens (including phenoxy) is 3. The van der Waals surface area contributed by atoms with Gasteiger partial charge >= 0.3 is 6.18 Å². The Balaban J connectivity index is 2.31. The monoisotopic (exact) mass is 293 g/mol. The number of methoxy groups -OCH3 is 2. The van der Waals surface area contributed by atoms with Crippen LogP contribution in [0.5, 0.6) is 11.5 Å². The number of rotatable bonds is 8. The molecule has 0 aliphatic rings. The van der Waals surface area contributed by atoms with Gasteiger partial charge in [0.2, 0.25) is 0 Å². The molecule has 0 heterocycles. The number of nitrogens with one attached hydrogen (secondary N) is 1. The highest BCUT2D eigenvalue weighted by Gasteiger charge is 2.27. The molecule has 114 valence electrons. The van der Waals surface area contributed by atoms with Crippen molar-refractivity contribution in [2.24, 2.45) is 0 Å². The van der Waals surface area contributed by atoms with Crippen molar-refractivity contribution in [3.8, 4) is 11.5 Å². The Kier molecular flexibility index (Phi) is 6.44. The van der Waals surface area contributed by atoms with Crippen molar-refractivity contribution in [3.05, 3.63) is 18.2 Å². The van der Waals surface area contributed by atoms with Gasteiger partial charge in [-0.05, 0) is 6.42 Å². The number of hydrogen-bond acceptors (Lipinski definition) is 4. The van der Waals surface area contributed by atoms with Crippen LogP contribution in [0.25, 0.3) is 0 Å². The van der Waals surface area contributed by atoms with Crippen molar-refractivity contribution in [2.75, 3.05) is 39.3 Å². The SMILES string of the molecule is COc1cc(NCCCOCC(F)(F)F)cc(OC)c1. The number of anilines is 1. The summed E-state index contributed by atoms with van der Waals surface area (Å²) in [7, 11) is 3.09. The first-order chi connectivity index (χ1) is 9.44. The molecule has 1 rings (SSSR count). The zero-order valence-electron chi connectivity index (χ0n) is 11.4. The van der Waals surface area contributed by atoms with E-state index in [1.165, 1.54) is 0 Å². The van der Waals surface area contributed by atoms with Crippen LogP contribution in [0, 0.1) is 0 Å². The first-order valence-electron chi connectivity index (χ1n) is 6.06. The molecule has 0 radical (unpaired) electrons. The van der Waals surface area contributed by atoms with Crippen LogP contribution in [0.1, 0.15) is 6.42 Å². The minimum Gasteiger partial charge on any atom is -0.497 e. The normalized spacial score (nSPS) is 11.2. The quantitative estimate of drug-likeness (QED) is 0.748. The van der Waals surface area contributed by atoms with Crippen LogP contribution in [0.2, 0.25) is 0 Å². The van der Waals surface area contributed by atoms with E-state index in [-0.39, 0.29) is 6.61 Å². The average Bonchev–Trinajstić information content (AvgIpc) is 2.41. The molecule has 1 N–H and O–H groups in total. The number of halogens is 3. The molecule has 1 aromatic rings. The van der Waals surface area contributed by atoms with Crippen molar-refractivity contribution in [3.63, 3.8) is 0 Å². The van der Waals surface area contributed by atoms with E-state index in [0.717, 1.165) is 5.69 Å². The maximum Gasteiger partial charge on any atom is 0.411 e. The molecule has 0 spiro atoms. The lowest BCUT2D eigenvalue weighted by Crippen LogP contribution is -2.18. The number of alkyl halides is 3. The van der Waals surface area contributed by atoms with E-state index in [9.17, 15) is 13.2 Å². The third-order valence-electron chi connectivity index (χ3n) is 2.41. The highest BCUT2D eigenvalue weighted by molar-refractivity contribution is 5.53. The topological polar surface area (TPSA) is 39.7 Å². The zero-order chi connectivity index (χ0) is 15.0. The van der Waals surface area contributed by atoms with Gasteiger partial charge in [0.1, 0.15) is 18.1 Å². The molecule has 1 aromatic carbocycles. The van der Waals surface area contributed by atoms with Crippen LogP contribution in [-0.2, 0) is 4.74 Å². The molecule has 0 fully saturated rings. The summed E-state index contributed by atoms with van der Waals surface area (Å²) in [5.74, 6) is 1.28. The summed E-state index contributed by atoms with van der Waals surface area (Å²) < 4.78 is 50.2. The van der Waals surface area contributed by atoms with E-state index < -0.39 is 12.8 Å². The predicted octanol–water partition coefficient (Wildman–Crippen LogP) is 3.08. The molecule has 4 nitrogen and oxygen atoms in total. The van der Waals surface area contributed by atoms with Crippen molar-refractivity contribution < 1.29 is 27.4 Å².